The Morgan fingerprint density at radius 3 is 2.64 bits per heavy atom. The third kappa shape index (κ3) is 1.18. The Balaban J connectivity index is 2.28. The highest BCUT2D eigenvalue weighted by Crippen LogP contribution is 2.63. The van der Waals surface area contributed by atoms with Gasteiger partial charge in [-0.25, -0.2) is 0 Å². The van der Waals surface area contributed by atoms with Crippen molar-refractivity contribution in [2.24, 2.45) is 11.3 Å². The summed E-state index contributed by atoms with van der Waals surface area (Å²) in [5.41, 5.74) is 0.590. The molecule has 1 aliphatic carbocycles. The number of aromatic nitrogens is 2. The van der Waals surface area contributed by atoms with Crippen LogP contribution in [0.2, 0.25) is 0 Å². The van der Waals surface area contributed by atoms with Crippen LogP contribution < -0.4 is 0 Å². The second-order valence-electron chi connectivity index (χ2n) is 4.25. The minimum atomic E-state index is -0.745. The summed E-state index contributed by atoms with van der Waals surface area (Å²) in [6.07, 6.45) is 4.84. The molecule has 0 saturated heterocycles. The lowest BCUT2D eigenvalue weighted by molar-refractivity contribution is -0.139. The monoisotopic (exact) mass is 192 g/mol. The molecule has 0 amide bonds. The van der Waals surface area contributed by atoms with Crippen molar-refractivity contribution in [2.45, 2.75) is 19.8 Å². The van der Waals surface area contributed by atoms with Crippen LogP contribution in [0.4, 0.5) is 0 Å². The number of rotatable bonds is 2. The third-order valence-corrected chi connectivity index (χ3v) is 3.00. The van der Waals surface area contributed by atoms with Gasteiger partial charge in [-0.2, -0.15) is 0 Å². The van der Waals surface area contributed by atoms with Crippen molar-refractivity contribution in [3.8, 4) is 0 Å². The standard InChI is InChI=1S/C10H12N2O2/c1-10(2)7(8(10)9(13)14)6-5-11-3-4-12-6/h3-5,7-8H,1-2H3,(H,13,14)/t7-,8+/m1/s1. The van der Waals surface area contributed by atoms with Gasteiger partial charge < -0.3 is 5.11 Å². The van der Waals surface area contributed by atoms with Crippen LogP contribution in [0.15, 0.2) is 18.6 Å². The van der Waals surface area contributed by atoms with E-state index >= 15 is 0 Å². The van der Waals surface area contributed by atoms with E-state index in [4.69, 9.17) is 5.11 Å². The molecule has 1 fully saturated rings. The number of carboxylic acid groups (broad SMARTS) is 1. The summed E-state index contributed by atoms with van der Waals surface area (Å²) >= 11 is 0. The summed E-state index contributed by atoms with van der Waals surface area (Å²) in [4.78, 5) is 19.0. The van der Waals surface area contributed by atoms with Crippen LogP contribution in [0.3, 0.4) is 0 Å². The van der Waals surface area contributed by atoms with Gasteiger partial charge >= 0.3 is 5.97 Å². The number of carboxylic acids is 1. The van der Waals surface area contributed by atoms with Crippen molar-refractivity contribution in [3.63, 3.8) is 0 Å². The predicted molar refractivity (Wildman–Crippen MR) is 49.7 cm³/mol. The first-order chi connectivity index (χ1) is 6.55. The summed E-state index contributed by atoms with van der Waals surface area (Å²) < 4.78 is 0. The van der Waals surface area contributed by atoms with E-state index in [1.165, 1.54) is 0 Å². The maximum absolute atomic E-state index is 10.9. The first-order valence-corrected chi connectivity index (χ1v) is 4.54. The fourth-order valence-electron chi connectivity index (χ4n) is 2.12. The highest BCUT2D eigenvalue weighted by Gasteiger charge is 2.63. The van der Waals surface area contributed by atoms with E-state index in [9.17, 15) is 4.79 Å². The van der Waals surface area contributed by atoms with E-state index < -0.39 is 5.97 Å². The van der Waals surface area contributed by atoms with Gasteiger partial charge in [-0.1, -0.05) is 13.8 Å². The average Bonchev–Trinajstić information content (AvgIpc) is 2.71. The molecule has 2 rings (SSSR count). The molecule has 0 radical (unpaired) electrons. The largest absolute Gasteiger partial charge is 0.481 e. The molecule has 1 aromatic heterocycles. The van der Waals surface area contributed by atoms with E-state index in [0.29, 0.717) is 0 Å². The summed E-state index contributed by atoms with van der Waals surface area (Å²) in [5.74, 6) is -1.06. The number of aliphatic carboxylic acids is 1. The van der Waals surface area contributed by atoms with Crippen molar-refractivity contribution in [3.05, 3.63) is 24.3 Å². The van der Waals surface area contributed by atoms with E-state index in [2.05, 4.69) is 9.97 Å². The van der Waals surface area contributed by atoms with Crippen LogP contribution in [0.5, 0.6) is 0 Å². The summed E-state index contributed by atoms with van der Waals surface area (Å²) in [7, 11) is 0. The van der Waals surface area contributed by atoms with Crippen molar-refractivity contribution < 1.29 is 9.90 Å². The number of hydrogen-bond donors (Lipinski definition) is 1. The van der Waals surface area contributed by atoms with Gasteiger partial charge in [0.25, 0.3) is 0 Å². The number of nitrogens with zero attached hydrogens (tertiary/aromatic N) is 2. The van der Waals surface area contributed by atoms with Gasteiger partial charge in [-0.15, -0.1) is 0 Å². The number of carbonyl (C=O) groups is 1. The zero-order valence-corrected chi connectivity index (χ0v) is 8.14. The number of hydrogen-bond acceptors (Lipinski definition) is 3. The Kier molecular flexibility index (Phi) is 1.80. The Morgan fingerprint density at radius 2 is 2.21 bits per heavy atom. The fraction of sp³-hybridized carbons (Fsp3) is 0.500. The molecule has 4 heteroatoms. The molecule has 2 atom stereocenters. The maximum Gasteiger partial charge on any atom is 0.307 e. The second-order valence-corrected chi connectivity index (χ2v) is 4.25. The topological polar surface area (TPSA) is 63.1 Å². The molecule has 14 heavy (non-hydrogen) atoms. The molecular weight excluding hydrogens is 180 g/mol. The van der Waals surface area contributed by atoms with Gasteiger partial charge in [0.05, 0.1) is 11.6 Å². The minimum absolute atomic E-state index is 0.00806. The molecule has 1 saturated carbocycles. The van der Waals surface area contributed by atoms with E-state index in [-0.39, 0.29) is 17.3 Å². The van der Waals surface area contributed by atoms with Gasteiger partial charge in [0.1, 0.15) is 0 Å². The van der Waals surface area contributed by atoms with Crippen molar-refractivity contribution >= 4 is 5.97 Å². The first-order valence-electron chi connectivity index (χ1n) is 4.54. The normalized spacial score (nSPS) is 28.4. The minimum Gasteiger partial charge on any atom is -0.481 e. The Hall–Kier alpha value is -1.45. The zero-order chi connectivity index (χ0) is 10.3. The highest BCUT2D eigenvalue weighted by atomic mass is 16.4. The van der Waals surface area contributed by atoms with Crippen LogP contribution in [0.1, 0.15) is 25.5 Å². The summed E-state index contributed by atoms with van der Waals surface area (Å²) in [6.45, 7) is 3.90. The van der Waals surface area contributed by atoms with Crippen LogP contribution >= 0.6 is 0 Å². The highest BCUT2D eigenvalue weighted by molar-refractivity contribution is 5.77. The molecule has 0 spiro atoms. The molecule has 4 nitrogen and oxygen atoms in total. The quantitative estimate of drug-likeness (QED) is 0.767. The molecule has 0 aliphatic heterocycles. The van der Waals surface area contributed by atoms with Gasteiger partial charge in [0.15, 0.2) is 0 Å². The molecule has 0 aromatic carbocycles. The second kappa shape index (κ2) is 2.77. The van der Waals surface area contributed by atoms with Crippen LogP contribution in [0, 0.1) is 11.3 Å². The van der Waals surface area contributed by atoms with Gasteiger partial charge in [0.2, 0.25) is 0 Å². The van der Waals surface area contributed by atoms with Gasteiger partial charge in [-0.3, -0.25) is 14.8 Å². The fourth-order valence-corrected chi connectivity index (χ4v) is 2.12. The van der Waals surface area contributed by atoms with Crippen molar-refractivity contribution in [2.75, 3.05) is 0 Å². The SMILES string of the molecule is CC1(C)[C@H](C(=O)O)[C@H]1c1cnccn1. The molecule has 0 bridgehead atoms. The molecule has 1 N–H and O–H groups in total. The Bertz CT molecular complexity index is 362. The molecule has 1 aliphatic rings. The maximum atomic E-state index is 10.9. The summed E-state index contributed by atoms with van der Waals surface area (Å²) in [5, 5.41) is 8.97. The van der Waals surface area contributed by atoms with E-state index in [0.717, 1.165) is 5.69 Å². The van der Waals surface area contributed by atoms with Crippen LogP contribution in [-0.2, 0) is 4.79 Å². The van der Waals surface area contributed by atoms with E-state index in [1.807, 2.05) is 13.8 Å². The molecule has 0 unspecified atom stereocenters. The average molecular weight is 192 g/mol. The predicted octanol–water partition coefficient (Wildman–Crippen LogP) is 1.30. The third-order valence-electron chi connectivity index (χ3n) is 3.00. The van der Waals surface area contributed by atoms with Crippen molar-refractivity contribution in [1.82, 2.24) is 9.97 Å². The van der Waals surface area contributed by atoms with Crippen molar-refractivity contribution in [1.29, 1.82) is 0 Å². The van der Waals surface area contributed by atoms with Gasteiger partial charge in [-0.05, 0) is 5.41 Å². The van der Waals surface area contributed by atoms with Gasteiger partial charge in [0, 0.05) is 24.5 Å². The summed E-state index contributed by atoms with van der Waals surface area (Å²) in [6, 6.07) is 0. The lowest BCUT2D eigenvalue weighted by atomic mass is 10.1. The van der Waals surface area contributed by atoms with E-state index in [1.54, 1.807) is 18.6 Å². The molecule has 1 aromatic rings. The molecule has 74 valence electrons. The first kappa shape index (κ1) is 9.12. The zero-order valence-electron chi connectivity index (χ0n) is 8.14. The Labute approximate surface area is 82.0 Å². The lowest BCUT2D eigenvalue weighted by Crippen LogP contribution is -2.03. The lowest BCUT2D eigenvalue weighted by Gasteiger charge is -1.99. The molecule has 1 heterocycles. The molecular formula is C10H12N2O2. The smallest absolute Gasteiger partial charge is 0.307 e. The van der Waals surface area contributed by atoms with Crippen LogP contribution in [0.25, 0.3) is 0 Å². The Morgan fingerprint density at radius 1 is 1.50 bits per heavy atom. The van der Waals surface area contributed by atoms with Crippen LogP contribution in [-0.4, -0.2) is 21.0 Å².